The van der Waals surface area contributed by atoms with Crippen molar-refractivity contribution in [1.82, 2.24) is 0 Å². The second-order valence-corrected chi connectivity index (χ2v) is 1.64. The maximum Gasteiger partial charge on any atom is -0.00773 e. The van der Waals surface area contributed by atoms with Gasteiger partial charge in [0.2, 0.25) is 0 Å². The fourth-order valence-electron chi connectivity index (χ4n) is 0.465. The highest BCUT2D eigenvalue weighted by Gasteiger charge is 1.80. The summed E-state index contributed by atoms with van der Waals surface area (Å²) >= 11 is 0. The topological polar surface area (TPSA) is 52.0 Å². The molecule has 4 N–H and O–H groups in total. The first-order valence-electron chi connectivity index (χ1n) is 2.82. The molecule has 0 aliphatic heterocycles. The number of hydrogen-bond acceptors (Lipinski definition) is 2. The maximum absolute atomic E-state index is 5.23. The zero-order valence-corrected chi connectivity index (χ0v) is 5.82. The van der Waals surface area contributed by atoms with E-state index >= 15 is 0 Å². The van der Waals surface area contributed by atoms with Gasteiger partial charge in [-0.3, -0.25) is 0 Å². The lowest BCUT2D eigenvalue weighted by molar-refractivity contribution is -0.00000175. The lowest BCUT2D eigenvalue weighted by Crippen LogP contribution is -3.00. The fourth-order valence-corrected chi connectivity index (χ4v) is 0.465. The van der Waals surface area contributed by atoms with Gasteiger partial charge in [0.15, 0.2) is 0 Å². The molecule has 0 aromatic rings. The summed E-state index contributed by atoms with van der Waals surface area (Å²) in [5, 5.41) is 0. The molecule has 0 heterocycles. The van der Waals surface area contributed by atoms with E-state index in [1.165, 1.54) is 6.42 Å². The molecule has 0 bridgehead atoms. The summed E-state index contributed by atoms with van der Waals surface area (Å²) in [6.07, 6.45) is 3.43. The zero-order valence-electron chi connectivity index (χ0n) is 5.07. The highest BCUT2D eigenvalue weighted by molar-refractivity contribution is 4.41. The van der Waals surface area contributed by atoms with Crippen LogP contribution < -0.4 is 23.9 Å². The largest absolute Gasteiger partial charge is 1.00 e. The Bertz CT molecular complexity index is 29.6. The van der Waals surface area contributed by atoms with Crippen LogP contribution in [0, 0.1) is 0 Å². The van der Waals surface area contributed by atoms with Crippen molar-refractivity contribution in [1.29, 1.82) is 0 Å². The molecule has 0 aliphatic rings. The lowest BCUT2D eigenvalue weighted by atomic mass is 10.2. The van der Waals surface area contributed by atoms with Crippen molar-refractivity contribution in [3.8, 4) is 0 Å². The summed E-state index contributed by atoms with van der Waals surface area (Å²) in [4.78, 5) is 0. The van der Waals surface area contributed by atoms with Crippen LogP contribution in [0.4, 0.5) is 0 Å². The van der Waals surface area contributed by atoms with Gasteiger partial charge in [-0.2, -0.15) is 0 Å². The summed E-state index contributed by atoms with van der Waals surface area (Å²) in [5.74, 6) is 0. The summed E-state index contributed by atoms with van der Waals surface area (Å²) < 4.78 is 0. The van der Waals surface area contributed by atoms with Crippen molar-refractivity contribution in [3.05, 3.63) is 0 Å². The van der Waals surface area contributed by atoms with E-state index in [2.05, 4.69) is 0 Å². The lowest BCUT2D eigenvalue weighted by Gasteiger charge is -1.91. The molecule has 0 aromatic carbocycles. The summed E-state index contributed by atoms with van der Waals surface area (Å²) in [7, 11) is 0. The van der Waals surface area contributed by atoms with Crippen molar-refractivity contribution in [3.63, 3.8) is 0 Å². The van der Waals surface area contributed by atoms with Crippen LogP contribution in [0.1, 0.15) is 19.3 Å². The number of nitrogens with two attached hydrogens (primary N) is 2. The van der Waals surface area contributed by atoms with Crippen molar-refractivity contribution in [2.45, 2.75) is 19.3 Å². The molecule has 0 spiro atoms. The van der Waals surface area contributed by atoms with Gasteiger partial charge in [0.25, 0.3) is 0 Å². The Morgan fingerprint density at radius 3 is 1.38 bits per heavy atom. The molecule has 0 rings (SSSR count). The molecule has 8 heavy (non-hydrogen) atoms. The molecule has 0 unspecified atom stereocenters. The SMILES string of the molecule is NCCCCCN.[Cl-]. The van der Waals surface area contributed by atoms with Crippen molar-refractivity contribution in [2.24, 2.45) is 11.5 Å². The molecule has 3 heteroatoms. The molecule has 0 aliphatic carbocycles. The summed E-state index contributed by atoms with van der Waals surface area (Å²) in [5.41, 5.74) is 10.5. The predicted molar refractivity (Wildman–Crippen MR) is 32.0 cm³/mol. The molecule has 0 atom stereocenters. The van der Waals surface area contributed by atoms with E-state index in [-0.39, 0.29) is 12.4 Å². The van der Waals surface area contributed by atoms with Gasteiger partial charge in [0, 0.05) is 0 Å². The summed E-state index contributed by atoms with van der Waals surface area (Å²) in [6.45, 7) is 1.61. The van der Waals surface area contributed by atoms with Gasteiger partial charge >= 0.3 is 0 Å². The third-order valence-electron chi connectivity index (χ3n) is 0.908. The first-order chi connectivity index (χ1) is 3.41. The average Bonchev–Trinajstić information content (AvgIpc) is 1.69. The van der Waals surface area contributed by atoms with Crippen LogP contribution in [0.25, 0.3) is 0 Å². The third-order valence-corrected chi connectivity index (χ3v) is 0.908. The van der Waals surface area contributed by atoms with E-state index in [1.807, 2.05) is 0 Å². The summed E-state index contributed by atoms with van der Waals surface area (Å²) in [6, 6.07) is 0. The van der Waals surface area contributed by atoms with Crippen molar-refractivity contribution in [2.75, 3.05) is 13.1 Å². The normalized spacial score (nSPS) is 8.25. The van der Waals surface area contributed by atoms with Gasteiger partial charge in [-0.1, -0.05) is 6.42 Å². The number of unbranched alkanes of at least 4 members (excludes halogenated alkanes) is 2. The van der Waals surface area contributed by atoms with Crippen LogP contribution in [0.15, 0.2) is 0 Å². The van der Waals surface area contributed by atoms with E-state index < -0.39 is 0 Å². The van der Waals surface area contributed by atoms with Gasteiger partial charge in [0.1, 0.15) is 0 Å². The molecule has 0 saturated heterocycles. The van der Waals surface area contributed by atoms with Crippen LogP contribution in [-0.2, 0) is 0 Å². The standard InChI is InChI=1S/C5H14N2.ClH/c6-4-2-1-3-5-7;/h1-7H2;1H/p-1. The minimum atomic E-state index is 0. The van der Waals surface area contributed by atoms with Crippen LogP contribution in [0.3, 0.4) is 0 Å². The second kappa shape index (κ2) is 10.2. The van der Waals surface area contributed by atoms with E-state index in [9.17, 15) is 0 Å². The second-order valence-electron chi connectivity index (χ2n) is 1.64. The number of rotatable bonds is 4. The maximum atomic E-state index is 5.23. The first-order valence-corrected chi connectivity index (χ1v) is 2.82. The molecular weight excluding hydrogens is 124 g/mol. The molecule has 0 saturated carbocycles. The molecule has 52 valence electrons. The van der Waals surface area contributed by atoms with E-state index in [0.29, 0.717) is 0 Å². The third kappa shape index (κ3) is 9.51. The van der Waals surface area contributed by atoms with Crippen molar-refractivity contribution < 1.29 is 12.4 Å². The number of halogens is 1. The monoisotopic (exact) mass is 137 g/mol. The Kier molecular flexibility index (Phi) is 14.2. The van der Waals surface area contributed by atoms with Gasteiger partial charge in [0.05, 0.1) is 0 Å². The Balaban J connectivity index is 0. The van der Waals surface area contributed by atoms with Gasteiger partial charge in [-0.15, -0.1) is 0 Å². The smallest absolute Gasteiger partial charge is 0.00773 e. The quantitative estimate of drug-likeness (QED) is 0.408. The van der Waals surface area contributed by atoms with Crippen LogP contribution in [-0.4, -0.2) is 13.1 Å². The molecule has 2 nitrogen and oxygen atoms in total. The number of hydrogen-bond donors (Lipinski definition) is 2. The molecular formula is C5H14ClN2-. The van der Waals surface area contributed by atoms with Crippen LogP contribution >= 0.6 is 0 Å². The molecule has 0 amide bonds. The van der Waals surface area contributed by atoms with E-state index in [0.717, 1.165) is 25.9 Å². The molecule has 0 radical (unpaired) electrons. The first kappa shape index (κ1) is 11.1. The Hall–Kier alpha value is 0.210. The van der Waals surface area contributed by atoms with E-state index in [4.69, 9.17) is 11.5 Å². The Morgan fingerprint density at radius 2 is 1.12 bits per heavy atom. The van der Waals surface area contributed by atoms with E-state index in [1.54, 1.807) is 0 Å². The Morgan fingerprint density at radius 1 is 0.750 bits per heavy atom. The molecule has 0 fully saturated rings. The minimum absolute atomic E-state index is 0. The Labute approximate surface area is 57.0 Å². The van der Waals surface area contributed by atoms with Crippen LogP contribution in [0.2, 0.25) is 0 Å². The molecule has 0 aromatic heterocycles. The average molecular weight is 138 g/mol. The minimum Gasteiger partial charge on any atom is -1.00 e. The fraction of sp³-hybridized carbons (Fsp3) is 1.00. The highest BCUT2D eigenvalue weighted by atomic mass is 35.5. The van der Waals surface area contributed by atoms with Gasteiger partial charge in [-0.05, 0) is 25.9 Å². The van der Waals surface area contributed by atoms with Crippen LogP contribution in [0.5, 0.6) is 0 Å². The van der Waals surface area contributed by atoms with Gasteiger partial charge in [-0.25, -0.2) is 0 Å². The van der Waals surface area contributed by atoms with Crippen molar-refractivity contribution >= 4 is 0 Å². The predicted octanol–water partition coefficient (Wildman–Crippen LogP) is -2.92. The zero-order chi connectivity index (χ0) is 5.54. The van der Waals surface area contributed by atoms with Gasteiger partial charge < -0.3 is 23.9 Å². The highest BCUT2D eigenvalue weighted by Crippen LogP contribution is 1.88.